The van der Waals surface area contributed by atoms with Crippen LogP contribution in [-0.2, 0) is 0 Å². The van der Waals surface area contributed by atoms with Gasteiger partial charge in [0.05, 0.1) is 11.3 Å². The fraction of sp³-hybridized carbons (Fsp3) is 0. The Morgan fingerprint density at radius 2 is 1.27 bits per heavy atom. The van der Waals surface area contributed by atoms with Crippen molar-refractivity contribution in [1.82, 2.24) is 0 Å². The fourth-order valence-corrected chi connectivity index (χ4v) is 2.98. The lowest BCUT2D eigenvalue weighted by atomic mass is 10.0. The van der Waals surface area contributed by atoms with E-state index in [-0.39, 0.29) is 5.78 Å². The Morgan fingerprint density at radius 1 is 0.667 bits per heavy atom. The summed E-state index contributed by atoms with van der Waals surface area (Å²) in [6, 6.07) is 31.5. The minimum absolute atomic E-state index is 0.157. The minimum atomic E-state index is -0.157. The van der Waals surface area contributed by atoms with Gasteiger partial charge in [-0.2, -0.15) is 0 Å². The van der Waals surface area contributed by atoms with Gasteiger partial charge in [0.1, 0.15) is 5.75 Å². The predicted octanol–water partition coefficient (Wildman–Crippen LogP) is 5.69. The summed E-state index contributed by atoms with van der Waals surface area (Å²) in [5.41, 5.74) is 9.27. The van der Waals surface area contributed by atoms with E-state index in [4.69, 9.17) is 10.5 Å². The third-order valence-corrected chi connectivity index (χ3v) is 4.53. The van der Waals surface area contributed by atoms with Crippen molar-refractivity contribution in [2.45, 2.75) is 0 Å². The zero-order valence-electron chi connectivity index (χ0n) is 16.2. The van der Waals surface area contributed by atoms with Crippen LogP contribution in [0.1, 0.15) is 27.0 Å². The van der Waals surface area contributed by atoms with Gasteiger partial charge in [-0.3, -0.25) is 4.79 Å². The number of carbonyl (C=O) groups is 1. The van der Waals surface area contributed by atoms with Gasteiger partial charge in [0.25, 0.3) is 0 Å². The van der Waals surface area contributed by atoms with Gasteiger partial charge in [-0.15, -0.1) is 0 Å². The van der Waals surface area contributed by atoms with E-state index >= 15 is 0 Å². The van der Waals surface area contributed by atoms with Gasteiger partial charge in [-0.05, 0) is 60.7 Å². The van der Waals surface area contributed by atoms with Crippen LogP contribution in [0.5, 0.6) is 11.5 Å². The van der Waals surface area contributed by atoms with Crippen LogP contribution in [0.15, 0.2) is 103 Å². The molecule has 4 aromatic rings. The number of hydrogen-bond acceptors (Lipinski definition) is 3. The van der Waals surface area contributed by atoms with Crippen LogP contribution in [-0.4, -0.2) is 5.78 Å². The van der Waals surface area contributed by atoms with Crippen molar-refractivity contribution in [2.24, 2.45) is 0 Å². The van der Waals surface area contributed by atoms with Crippen molar-refractivity contribution in [1.29, 1.82) is 0 Å². The van der Waals surface area contributed by atoms with Gasteiger partial charge in [0.2, 0.25) is 0 Å². The standard InChI is InChI=1S/C27H19NO2/c28-25-13-7-12-24(27(25)30-23-10-5-2-6-11-23)26(29)22-18-16-21(17-19-22)15-14-20-8-3-1-4-9-20/h1-13,16-19H,28H2. The lowest BCUT2D eigenvalue weighted by molar-refractivity contribution is 0.103. The quantitative estimate of drug-likeness (QED) is 0.277. The number of nitrogens with two attached hydrogens (primary N) is 1. The first-order chi connectivity index (χ1) is 14.7. The molecule has 0 aliphatic carbocycles. The van der Waals surface area contributed by atoms with Gasteiger partial charge >= 0.3 is 0 Å². The molecule has 4 aromatic carbocycles. The van der Waals surface area contributed by atoms with Crippen LogP contribution >= 0.6 is 0 Å². The molecule has 30 heavy (non-hydrogen) atoms. The van der Waals surface area contributed by atoms with E-state index < -0.39 is 0 Å². The third-order valence-electron chi connectivity index (χ3n) is 4.53. The largest absolute Gasteiger partial charge is 0.454 e. The molecule has 0 radical (unpaired) electrons. The highest BCUT2D eigenvalue weighted by Gasteiger charge is 2.17. The van der Waals surface area contributed by atoms with Gasteiger partial charge in [-0.1, -0.05) is 54.3 Å². The van der Waals surface area contributed by atoms with E-state index in [2.05, 4.69) is 11.8 Å². The molecule has 3 nitrogen and oxygen atoms in total. The molecule has 0 aliphatic rings. The van der Waals surface area contributed by atoms with E-state index in [1.54, 1.807) is 30.3 Å². The Balaban J connectivity index is 1.59. The molecule has 144 valence electrons. The number of carbonyl (C=O) groups excluding carboxylic acids is 1. The summed E-state index contributed by atoms with van der Waals surface area (Å²) < 4.78 is 5.93. The first-order valence-electron chi connectivity index (χ1n) is 9.54. The maximum atomic E-state index is 13.1. The molecule has 0 unspecified atom stereocenters. The molecule has 0 atom stereocenters. The summed E-state index contributed by atoms with van der Waals surface area (Å²) in [7, 11) is 0. The van der Waals surface area contributed by atoms with Crippen molar-refractivity contribution in [3.05, 3.63) is 125 Å². The summed E-state index contributed by atoms with van der Waals surface area (Å²) in [6.45, 7) is 0. The first-order valence-corrected chi connectivity index (χ1v) is 9.54. The molecule has 0 spiro atoms. The Kier molecular flexibility index (Phi) is 5.59. The molecule has 0 aromatic heterocycles. The average Bonchev–Trinajstić information content (AvgIpc) is 2.80. The van der Waals surface area contributed by atoms with Gasteiger partial charge in [0.15, 0.2) is 11.5 Å². The monoisotopic (exact) mass is 389 g/mol. The minimum Gasteiger partial charge on any atom is -0.454 e. The van der Waals surface area contributed by atoms with Crippen LogP contribution in [0.3, 0.4) is 0 Å². The van der Waals surface area contributed by atoms with Crippen LogP contribution in [0, 0.1) is 11.8 Å². The molecule has 2 N–H and O–H groups in total. The zero-order valence-corrected chi connectivity index (χ0v) is 16.2. The summed E-state index contributed by atoms with van der Waals surface area (Å²) >= 11 is 0. The molecule has 3 heteroatoms. The highest BCUT2D eigenvalue weighted by molar-refractivity contribution is 6.11. The third kappa shape index (κ3) is 4.40. The maximum Gasteiger partial charge on any atom is 0.196 e. The molecule has 0 bridgehead atoms. The number of benzene rings is 4. The summed E-state index contributed by atoms with van der Waals surface area (Å²) in [6.07, 6.45) is 0. The summed E-state index contributed by atoms with van der Waals surface area (Å²) in [4.78, 5) is 13.1. The predicted molar refractivity (Wildman–Crippen MR) is 120 cm³/mol. The Morgan fingerprint density at radius 3 is 1.93 bits per heavy atom. The normalized spacial score (nSPS) is 10.0. The number of para-hydroxylation sites is 2. The second-order valence-electron chi connectivity index (χ2n) is 6.66. The highest BCUT2D eigenvalue weighted by atomic mass is 16.5. The smallest absolute Gasteiger partial charge is 0.196 e. The van der Waals surface area contributed by atoms with Crippen LogP contribution in [0.4, 0.5) is 5.69 Å². The van der Waals surface area contributed by atoms with E-state index in [1.165, 1.54) is 0 Å². The Bertz CT molecular complexity index is 1220. The van der Waals surface area contributed by atoms with Crippen LogP contribution in [0.25, 0.3) is 0 Å². The molecular formula is C27H19NO2. The van der Waals surface area contributed by atoms with E-state index in [0.717, 1.165) is 11.1 Å². The van der Waals surface area contributed by atoms with Gasteiger partial charge in [0, 0.05) is 16.7 Å². The maximum absolute atomic E-state index is 13.1. The van der Waals surface area contributed by atoms with Crippen molar-refractivity contribution in [3.8, 4) is 23.3 Å². The molecule has 0 saturated carbocycles. The van der Waals surface area contributed by atoms with E-state index in [0.29, 0.717) is 28.3 Å². The fourth-order valence-electron chi connectivity index (χ4n) is 2.98. The van der Waals surface area contributed by atoms with E-state index in [1.807, 2.05) is 72.8 Å². The number of rotatable bonds is 4. The van der Waals surface area contributed by atoms with Crippen LogP contribution < -0.4 is 10.5 Å². The van der Waals surface area contributed by atoms with Crippen LogP contribution in [0.2, 0.25) is 0 Å². The lowest BCUT2D eigenvalue weighted by Gasteiger charge is -2.13. The molecule has 0 saturated heterocycles. The SMILES string of the molecule is Nc1cccc(C(=O)c2ccc(C#Cc3ccccc3)cc2)c1Oc1ccccc1. The van der Waals surface area contributed by atoms with Gasteiger partial charge < -0.3 is 10.5 Å². The topological polar surface area (TPSA) is 52.3 Å². The summed E-state index contributed by atoms with van der Waals surface area (Å²) in [5.74, 6) is 7.06. The molecule has 0 fully saturated rings. The van der Waals surface area contributed by atoms with Crippen molar-refractivity contribution < 1.29 is 9.53 Å². The van der Waals surface area contributed by atoms with Crippen molar-refractivity contribution in [2.75, 3.05) is 5.73 Å². The highest BCUT2D eigenvalue weighted by Crippen LogP contribution is 2.32. The number of ether oxygens (including phenoxy) is 1. The Labute approximate surface area is 175 Å². The van der Waals surface area contributed by atoms with Crippen molar-refractivity contribution in [3.63, 3.8) is 0 Å². The number of ketones is 1. The average molecular weight is 389 g/mol. The Hall–Kier alpha value is -4.29. The molecule has 0 aliphatic heterocycles. The summed E-state index contributed by atoms with van der Waals surface area (Å²) in [5, 5.41) is 0. The van der Waals surface area contributed by atoms with Gasteiger partial charge in [-0.25, -0.2) is 0 Å². The first kappa shape index (κ1) is 19.0. The second-order valence-corrected chi connectivity index (χ2v) is 6.66. The molecule has 4 rings (SSSR count). The zero-order chi connectivity index (χ0) is 20.8. The second kappa shape index (κ2) is 8.81. The molecular weight excluding hydrogens is 370 g/mol. The van der Waals surface area contributed by atoms with E-state index in [9.17, 15) is 4.79 Å². The molecule has 0 heterocycles. The van der Waals surface area contributed by atoms with Crippen molar-refractivity contribution >= 4 is 11.5 Å². The number of hydrogen-bond donors (Lipinski definition) is 1. The number of nitrogen functional groups attached to an aromatic ring is 1. The number of anilines is 1. The lowest BCUT2D eigenvalue weighted by Crippen LogP contribution is -2.05. The molecule has 0 amide bonds.